The number of nitrogens with zero attached hydrogens (tertiary/aromatic N) is 5. The number of anilines is 1. The smallest absolute Gasteiger partial charge is 0.225 e. The van der Waals surface area contributed by atoms with Crippen molar-refractivity contribution in [1.82, 2.24) is 25.5 Å². The Morgan fingerprint density at radius 2 is 1.93 bits per heavy atom. The summed E-state index contributed by atoms with van der Waals surface area (Å²) in [6.45, 7) is 9.08. The lowest BCUT2D eigenvalue weighted by molar-refractivity contribution is 0.254. The molecule has 2 aromatic heterocycles. The van der Waals surface area contributed by atoms with E-state index in [1.54, 1.807) is 23.7 Å². The highest BCUT2D eigenvalue weighted by molar-refractivity contribution is 14.0. The highest BCUT2D eigenvalue weighted by Crippen LogP contribution is 2.14. The lowest BCUT2D eigenvalue weighted by Crippen LogP contribution is -2.47. The molecule has 28 heavy (non-hydrogen) atoms. The summed E-state index contributed by atoms with van der Waals surface area (Å²) >= 11 is 1.78. The van der Waals surface area contributed by atoms with Gasteiger partial charge in [0.05, 0.1) is 6.54 Å². The molecule has 0 unspecified atom stereocenters. The highest BCUT2D eigenvalue weighted by atomic mass is 127. The Labute approximate surface area is 188 Å². The Morgan fingerprint density at radius 3 is 2.57 bits per heavy atom. The molecule has 0 radical (unpaired) electrons. The lowest BCUT2D eigenvalue weighted by atomic mass is 10.3. The molecule has 0 amide bonds. The van der Waals surface area contributed by atoms with E-state index in [0.717, 1.165) is 64.1 Å². The van der Waals surface area contributed by atoms with E-state index in [4.69, 9.17) is 0 Å². The molecule has 0 aliphatic carbocycles. The summed E-state index contributed by atoms with van der Waals surface area (Å²) < 4.78 is 0. The number of aryl methyl sites for hydroxylation is 1. The van der Waals surface area contributed by atoms with E-state index >= 15 is 0 Å². The van der Waals surface area contributed by atoms with Crippen LogP contribution in [-0.4, -0.2) is 67.1 Å². The number of thiophene rings is 1. The fraction of sp³-hybridized carbons (Fsp3) is 0.526. The number of piperazine rings is 1. The van der Waals surface area contributed by atoms with E-state index in [9.17, 15) is 0 Å². The number of halogens is 1. The largest absolute Gasteiger partial charge is 0.356 e. The number of hydrogen-bond acceptors (Lipinski definition) is 6. The number of hydrogen-bond donors (Lipinski definition) is 2. The minimum absolute atomic E-state index is 0. The van der Waals surface area contributed by atoms with Crippen molar-refractivity contribution in [2.75, 3.05) is 51.2 Å². The number of rotatable bonds is 7. The van der Waals surface area contributed by atoms with Gasteiger partial charge in [-0.3, -0.25) is 9.89 Å². The molecule has 3 heterocycles. The first-order valence-corrected chi connectivity index (χ1v) is 10.4. The zero-order chi connectivity index (χ0) is 18.9. The molecule has 2 aromatic rings. The number of nitrogens with one attached hydrogen (secondary N) is 2. The van der Waals surface area contributed by atoms with Crippen molar-refractivity contribution >= 4 is 47.2 Å². The van der Waals surface area contributed by atoms with Gasteiger partial charge in [-0.05, 0) is 43.0 Å². The van der Waals surface area contributed by atoms with Crippen LogP contribution in [0.2, 0.25) is 0 Å². The van der Waals surface area contributed by atoms with Crippen molar-refractivity contribution < 1.29 is 0 Å². The van der Waals surface area contributed by atoms with Gasteiger partial charge in [0.2, 0.25) is 5.95 Å². The summed E-state index contributed by atoms with van der Waals surface area (Å²) in [5, 5.41) is 8.93. The Balaban J connectivity index is 0.00000280. The molecule has 2 N–H and O–H groups in total. The molecule has 1 aliphatic heterocycles. The standard InChI is InChI=1S/C19H29N7S.HI/c1-16-5-14-27-17(16)15-24-18(20-2)21-8-4-9-25-10-12-26(13-11-25)19-22-6-3-7-23-19;/h3,5-7,14H,4,8-13,15H2,1-2H3,(H2,20,21,24);1H. The van der Waals surface area contributed by atoms with Crippen LogP contribution in [0.5, 0.6) is 0 Å². The van der Waals surface area contributed by atoms with Gasteiger partial charge in [-0.15, -0.1) is 35.3 Å². The number of aromatic nitrogens is 2. The van der Waals surface area contributed by atoms with Gasteiger partial charge >= 0.3 is 0 Å². The fourth-order valence-electron chi connectivity index (χ4n) is 3.11. The maximum Gasteiger partial charge on any atom is 0.225 e. The average Bonchev–Trinajstić information content (AvgIpc) is 3.13. The van der Waals surface area contributed by atoms with Crippen molar-refractivity contribution in [3.8, 4) is 0 Å². The quantitative estimate of drug-likeness (QED) is 0.256. The summed E-state index contributed by atoms with van der Waals surface area (Å²) in [5.74, 6) is 1.71. The Kier molecular flexibility index (Phi) is 9.93. The summed E-state index contributed by atoms with van der Waals surface area (Å²) in [5.41, 5.74) is 1.34. The topological polar surface area (TPSA) is 68.7 Å². The normalized spacial score (nSPS) is 15.2. The Morgan fingerprint density at radius 1 is 1.18 bits per heavy atom. The second kappa shape index (κ2) is 12.2. The molecular formula is C19H30IN7S. The summed E-state index contributed by atoms with van der Waals surface area (Å²) in [4.78, 5) is 19.1. The van der Waals surface area contributed by atoms with Crippen LogP contribution in [0.1, 0.15) is 16.9 Å². The molecule has 1 aliphatic rings. The summed E-state index contributed by atoms with van der Waals surface area (Å²) in [6.07, 6.45) is 4.71. The van der Waals surface area contributed by atoms with Gasteiger partial charge in [0, 0.05) is 57.0 Å². The van der Waals surface area contributed by atoms with Crippen LogP contribution in [0, 0.1) is 6.92 Å². The van der Waals surface area contributed by atoms with E-state index in [2.05, 4.69) is 53.8 Å². The first kappa shape index (κ1) is 22.8. The zero-order valence-corrected chi connectivity index (χ0v) is 19.7. The first-order chi connectivity index (χ1) is 13.3. The van der Waals surface area contributed by atoms with Crippen LogP contribution in [0.25, 0.3) is 0 Å². The molecule has 154 valence electrons. The van der Waals surface area contributed by atoms with Gasteiger partial charge in [-0.25, -0.2) is 9.97 Å². The maximum atomic E-state index is 4.34. The molecule has 1 fully saturated rings. The van der Waals surface area contributed by atoms with Gasteiger partial charge in [-0.2, -0.15) is 0 Å². The fourth-order valence-corrected chi connectivity index (χ4v) is 3.95. The first-order valence-electron chi connectivity index (χ1n) is 9.48. The van der Waals surface area contributed by atoms with Crippen molar-refractivity contribution in [3.05, 3.63) is 40.3 Å². The van der Waals surface area contributed by atoms with Gasteiger partial charge in [-0.1, -0.05) is 0 Å². The third kappa shape index (κ3) is 6.85. The highest BCUT2D eigenvalue weighted by Gasteiger charge is 2.18. The lowest BCUT2D eigenvalue weighted by Gasteiger charge is -2.34. The average molecular weight is 515 g/mol. The van der Waals surface area contributed by atoms with E-state index in [1.807, 2.05) is 13.1 Å². The van der Waals surface area contributed by atoms with Crippen LogP contribution in [0.3, 0.4) is 0 Å². The molecule has 3 rings (SSSR count). The molecule has 0 atom stereocenters. The molecular weight excluding hydrogens is 485 g/mol. The molecule has 0 spiro atoms. The number of aliphatic imine (C=N–C) groups is 1. The summed E-state index contributed by atoms with van der Waals surface area (Å²) in [6, 6.07) is 4.01. The molecule has 1 saturated heterocycles. The third-order valence-electron chi connectivity index (χ3n) is 4.76. The van der Waals surface area contributed by atoms with E-state index in [0.29, 0.717) is 0 Å². The van der Waals surface area contributed by atoms with E-state index < -0.39 is 0 Å². The van der Waals surface area contributed by atoms with Crippen LogP contribution in [0.4, 0.5) is 5.95 Å². The predicted octanol–water partition coefficient (Wildman–Crippen LogP) is 2.34. The van der Waals surface area contributed by atoms with E-state index in [-0.39, 0.29) is 24.0 Å². The van der Waals surface area contributed by atoms with Gasteiger partial charge in [0.25, 0.3) is 0 Å². The Hall–Kier alpha value is -1.46. The minimum Gasteiger partial charge on any atom is -0.356 e. The Bertz CT molecular complexity index is 714. The number of guanidine groups is 1. The van der Waals surface area contributed by atoms with Gasteiger partial charge in [0.15, 0.2) is 5.96 Å². The zero-order valence-electron chi connectivity index (χ0n) is 16.6. The predicted molar refractivity (Wildman–Crippen MR) is 128 cm³/mol. The van der Waals surface area contributed by atoms with Gasteiger partial charge in [0.1, 0.15) is 0 Å². The van der Waals surface area contributed by atoms with Gasteiger partial charge < -0.3 is 15.5 Å². The molecule has 7 nitrogen and oxygen atoms in total. The van der Waals surface area contributed by atoms with Crippen molar-refractivity contribution in [2.45, 2.75) is 19.9 Å². The molecule has 0 bridgehead atoms. The van der Waals surface area contributed by atoms with Crippen LogP contribution in [-0.2, 0) is 6.54 Å². The van der Waals surface area contributed by atoms with Crippen molar-refractivity contribution in [3.63, 3.8) is 0 Å². The van der Waals surface area contributed by atoms with Crippen LogP contribution in [0.15, 0.2) is 34.9 Å². The second-order valence-electron chi connectivity index (χ2n) is 6.61. The van der Waals surface area contributed by atoms with Crippen LogP contribution < -0.4 is 15.5 Å². The summed E-state index contributed by atoms with van der Waals surface area (Å²) in [7, 11) is 1.82. The second-order valence-corrected chi connectivity index (χ2v) is 7.61. The van der Waals surface area contributed by atoms with E-state index in [1.165, 1.54) is 10.4 Å². The van der Waals surface area contributed by atoms with Crippen molar-refractivity contribution in [2.24, 2.45) is 4.99 Å². The minimum atomic E-state index is 0. The van der Waals surface area contributed by atoms with Crippen LogP contribution >= 0.6 is 35.3 Å². The monoisotopic (exact) mass is 515 g/mol. The van der Waals surface area contributed by atoms with Crippen molar-refractivity contribution in [1.29, 1.82) is 0 Å². The molecule has 0 aromatic carbocycles. The molecule has 0 saturated carbocycles. The molecule has 9 heteroatoms. The third-order valence-corrected chi connectivity index (χ3v) is 5.78. The maximum absolute atomic E-state index is 4.34. The SMILES string of the molecule is CN=C(NCCCN1CCN(c2ncccn2)CC1)NCc1sccc1C.I.